The summed E-state index contributed by atoms with van der Waals surface area (Å²) in [7, 11) is 1.68. The summed E-state index contributed by atoms with van der Waals surface area (Å²) in [6.07, 6.45) is 3.99. The molecule has 0 saturated carbocycles. The van der Waals surface area contributed by atoms with Crippen LogP contribution in [-0.4, -0.2) is 12.1 Å². The summed E-state index contributed by atoms with van der Waals surface area (Å²) in [5.41, 5.74) is 6.59. The van der Waals surface area contributed by atoms with E-state index in [2.05, 4.69) is 22.5 Å². The minimum absolute atomic E-state index is 0.0567. The van der Waals surface area contributed by atoms with Crippen molar-refractivity contribution >= 4 is 0 Å². The molecule has 0 fully saturated rings. The number of nitrogens with zero attached hydrogens (tertiary/aromatic N) is 1. The van der Waals surface area contributed by atoms with Crippen molar-refractivity contribution in [1.29, 1.82) is 0 Å². The molecular weight excluding hydrogens is 250 g/mol. The van der Waals surface area contributed by atoms with Gasteiger partial charge in [0.15, 0.2) is 0 Å². The first-order valence-electron chi connectivity index (χ1n) is 6.87. The van der Waals surface area contributed by atoms with Crippen LogP contribution in [0.3, 0.4) is 0 Å². The van der Waals surface area contributed by atoms with Gasteiger partial charge in [0.05, 0.1) is 13.2 Å². The molecule has 0 saturated heterocycles. The molecule has 2 aromatic rings. The minimum atomic E-state index is 0.0567. The number of nitrogens with two attached hydrogens (primary N) is 1. The number of pyridine rings is 1. The zero-order valence-corrected chi connectivity index (χ0v) is 11.5. The van der Waals surface area contributed by atoms with Gasteiger partial charge in [-0.25, -0.2) is 0 Å². The van der Waals surface area contributed by atoms with Gasteiger partial charge in [-0.1, -0.05) is 18.2 Å². The SMILES string of the molecule is COc1cccc(C(NN)C2CCc3cccnc32)c1. The number of aromatic nitrogens is 1. The summed E-state index contributed by atoms with van der Waals surface area (Å²) in [6.45, 7) is 0. The number of methoxy groups -OCH3 is 1. The van der Waals surface area contributed by atoms with Gasteiger partial charge in [-0.2, -0.15) is 0 Å². The third-order valence-electron chi connectivity index (χ3n) is 4.04. The lowest BCUT2D eigenvalue weighted by molar-refractivity contribution is 0.409. The molecule has 0 amide bonds. The molecule has 1 aromatic carbocycles. The molecule has 2 atom stereocenters. The Kier molecular flexibility index (Phi) is 3.67. The van der Waals surface area contributed by atoms with Gasteiger partial charge in [0.25, 0.3) is 0 Å². The number of hydrogen-bond donors (Lipinski definition) is 2. The van der Waals surface area contributed by atoms with Crippen molar-refractivity contribution in [3.63, 3.8) is 0 Å². The number of fused-ring (bicyclic) bond motifs is 1. The molecule has 0 spiro atoms. The fraction of sp³-hybridized carbons (Fsp3) is 0.312. The van der Waals surface area contributed by atoms with Crippen LogP contribution in [0.25, 0.3) is 0 Å². The van der Waals surface area contributed by atoms with E-state index in [0.29, 0.717) is 5.92 Å². The smallest absolute Gasteiger partial charge is 0.119 e. The van der Waals surface area contributed by atoms with Crippen molar-refractivity contribution < 1.29 is 4.74 Å². The van der Waals surface area contributed by atoms with Crippen LogP contribution in [-0.2, 0) is 6.42 Å². The fourth-order valence-electron chi connectivity index (χ4n) is 3.05. The Morgan fingerprint density at radius 2 is 2.25 bits per heavy atom. The molecule has 1 heterocycles. The van der Waals surface area contributed by atoms with Crippen molar-refractivity contribution in [2.24, 2.45) is 5.84 Å². The van der Waals surface area contributed by atoms with Gasteiger partial charge < -0.3 is 4.74 Å². The van der Waals surface area contributed by atoms with Crippen molar-refractivity contribution in [3.05, 3.63) is 59.4 Å². The number of rotatable bonds is 4. The van der Waals surface area contributed by atoms with Gasteiger partial charge in [-0.05, 0) is 42.2 Å². The normalized spacial score (nSPS) is 18.6. The van der Waals surface area contributed by atoms with E-state index in [1.54, 1.807) is 7.11 Å². The largest absolute Gasteiger partial charge is 0.497 e. The maximum Gasteiger partial charge on any atom is 0.119 e. The van der Waals surface area contributed by atoms with Gasteiger partial charge in [-0.15, -0.1) is 0 Å². The summed E-state index contributed by atoms with van der Waals surface area (Å²) >= 11 is 0. The maximum atomic E-state index is 5.81. The highest BCUT2D eigenvalue weighted by Crippen LogP contribution is 2.40. The zero-order valence-electron chi connectivity index (χ0n) is 11.5. The van der Waals surface area contributed by atoms with Crippen LogP contribution in [0.15, 0.2) is 42.6 Å². The molecule has 0 bridgehead atoms. The number of aryl methyl sites for hydroxylation is 1. The summed E-state index contributed by atoms with van der Waals surface area (Å²) in [4.78, 5) is 4.55. The number of hydrazine groups is 1. The second-order valence-electron chi connectivity index (χ2n) is 5.11. The van der Waals surface area contributed by atoms with Crippen molar-refractivity contribution in [1.82, 2.24) is 10.4 Å². The molecule has 4 heteroatoms. The predicted molar refractivity (Wildman–Crippen MR) is 78.4 cm³/mol. The Hall–Kier alpha value is -1.91. The van der Waals surface area contributed by atoms with E-state index in [4.69, 9.17) is 10.6 Å². The van der Waals surface area contributed by atoms with E-state index >= 15 is 0 Å². The molecule has 0 aliphatic heterocycles. The van der Waals surface area contributed by atoms with Crippen LogP contribution < -0.4 is 16.0 Å². The summed E-state index contributed by atoms with van der Waals surface area (Å²) < 4.78 is 5.30. The van der Waals surface area contributed by atoms with Crippen LogP contribution in [0, 0.1) is 0 Å². The lowest BCUT2D eigenvalue weighted by Gasteiger charge is -2.23. The van der Waals surface area contributed by atoms with Crippen LogP contribution in [0.1, 0.15) is 35.2 Å². The molecule has 1 aliphatic carbocycles. The van der Waals surface area contributed by atoms with Crippen molar-refractivity contribution in [2.45, 2.75) is 24.8 Å². The van der Waals surface area contributed by atoms with Crippen molar-refractivity contribution in [3.8, 4) is 5.75 Å². The van der Waals surface area contributed by atoms with E-state index < -0.39 is 0 Å². The first-order chi connectivity index (χ1) is 9.83. The number of benzene rings is 1. The number of ether oxygens (including phenoxy) is 1. The zero-order chi connectivity index (χ0) is 13.9. The Labute approximate surface area is 119 Å². The highest BCUT2D eigenvalue weighted by Gasteiger charge is 2.31. The van der Waals surface area contributed by atoms with Crippen LogP contribution in [0.2, 0.25) is 0 Å². The standard InChI is InChI=1S/C16H19N3O/c1-20-13-6-2-4-12(10-13)16(19-17)14-8-7-11-5-3-9-18-15(11)14/h2-6,9-10,14,16,19H,7-8,17H2,1H3. The van der Waals surface area contributed by atoms with E-state index in [-0.39, 0.29) is 6.04 Å². The molecule has 0 radical (unpaired) electrons. The molecule has 1 aliphatic rings. The highest BCUT2D eigenvalue weighted by molar-refractivity contribution is 5.36. The molecular formula is C16H19N3O. The lowest BCUT2D eigenvalue weighted by Crippen LogP contribution is -2.32. The second kappa shape index (κ2) is 5.61. The van der Waals surface area contributed by atoms with E-state index in [0.717, 1.165) is 24.2 Å². The van der Waals surface area contributed by atoms with Gasteiger partial charge in [0.1, 0.15) is 5.75 Å². The third-order valence-corrected chi connectivity index (χ3v) is 4.04. The molecule has 20 heavy (non-hydrogen) atoms. The first-order valence-corrected chi connectivity index (χ1v) is 6.87. The Morgan fingerprint density at radius 1 is 1.35 bits per heavy atom. The average Bonchev–Trinajstić information content (AvgIpc) is 2.93. The quantitative estimate of drug-likeness (QED) is 0.660. The van der Waals surface area contributed by atoms with Gasteiger partial charge >= 0.3 is 0 Å². The maximum absolute atomic E-state index is 5.81. The van der Waals surface area contributed by atoms with Crippen molar-refractivity contribution in [2.75, 3.05) is 7.11 Å². The fourth-order valence-corrected chi connectivity index (χ4v) is 3.05. The van der Waals surface area contributed by atoms with Crippen LogP contribution >= 0.6 is 0 Å². The molecule has 104 valence electrons. The molecule has 3 rings (SSSR count). The molecule has 1 aromatic heterocycles. The minimum Gasteiger partial charge on any atom is -0.497 e. The summed E-state index contributed by atoms with van der Waals surface area (Å²) in [6, 6.07) is 12.3. The average molecular weight is 269 g/mol. The van der Waals surface area contributed by atoms with Crippen LogP contribution in [0.4, 0.5) is 0 Å². The molecule has 2 unspecified atom stereocenters. The second-order valence-corrected chi connectivity index (χ2v) is 5.11. The van der Waals surface area contributed by atoms with Gasteiger partial charge in [-0.3, -0.25) is 16.3 Å². The first kappa shape index (κ1) is 13.1. The molecule has 4 nitrogen and oxygen atoms in total. The summed E-state index contributed by atoms with van der Waals surface area (Å²) in [5, 5.41) is 0. The van der Waals surface area contributed by atoms with E-state index in [1.165, 1.54) is 11.3 Å². The van der Waals surface area contributed by atoms with E-state index in [1.807, 2.05) is 30.5 Å². The monoisotopic (exact) mass is 269 g/mol. The highest BCUT2D eigenvalue weighted by atomic mass is 16.5. The third kappa shape index (κ3) is 2.28. The lowest BCUT2D eigenvalue weighted by atomic mass is 9.91. The topological polar surface area (TPSA) is 60.2 Å². The molecule has 3 N–H and O–H groups in total. The Morgan fingerprint density at radius 3 is 3.05 bits per heavy atom. The summed E-state index contributed by atoms with van der Waals surface area (Å²) in [5.74, 6) is 6.97. The Bertz CT molecular complexity index is 600. The van der Waals surface area contributed by atoms with Gasteiger partial charge in [0, 0.05) is 17.8 Å². The van der Waals surface area contributed by atoms with Crippen LogP contribution in [0.5, 0.6) is 5.75 Å². The Balaban J connectivity index is 1.95. The number of nitrogens with one attached hydrogen (secondary N) is 1. The van der Waals surface area contributed by atoms with Gasteiger partial charge in [0.2, 0.25) is 0 Å². The number of hydrogen-bond acceptors (Lipinski definition) is 4. The predicted octanol–water partition coefficient (Wildman–Crippen LogP) is 2.32. The van der Waals surface area contributed by atoms with E-state index in [9.17, 15) is 0 Å².